The maximum atomic E-state index is 13.8. The maximum absolute atomic E-state index is 13.8. The molecule has 3 rings (SSSR count). The fraction of sp³-hybridized carbons (Fsp3) is 0.200. The summed E-state index contributed by atoms with van der Waals surface area (Å²) in [4.78, 5) is 0. The van der Waals surface area contributed by atoms with Gasteiger partial charge in [0.15, 0.2) is 11.5 Å². The van der Waals surface area contributed by atoms with Crippen molar-refractivity contribution < 1.29 is 19.0 Å². The number of phenols is 1. The van der Waals surface area contributed by atoms with Gasteiger partial charge in [-0.05, 0) is 13.0 Å². The molecule has 1 aliphatic rings. The second kappa shape index (κ2) is 5.33. The number of anilines is 1. The van der Waals surface area contributed by atoms with Crippen molar-refractivity contribution in [3.8, 4) is 17.2 Å². The van der Waals surface area contributed by atoms with Gasteiger partial charge >= 0.3 is 0 Å². The van der Waals surface area contributed by atoms with Crippen LogP contribution in [0, 0.1) is 5.82 Å². The van der Waals surface area contributed by atoms with Gasteiger partial charge in [0.25, 0.3) is 0 Å². The smallest absolute Gasteiger partial charge is 0.231 e. The quantitative estimate of drug-likeness (QED) is 0.896. The standard InChI is InChI=1S/C15H13ClFNO3/c1-8(10-3-2-9(19)4-12(10)17)18-13-6-15-14(5-11(13)16)20-7-21-15/h2-6,8,18-19H,7H2,1H3. The van der Waals surface area contributed by atoms with Gasteiger partial charge in [0.2, 0.25) is 6.79 Å². The van der Waals surface area contributed by atoms with E-state index >= 15 is 0 Å². The van der Waals surface area contributed by atoms with Crippen LogP contribution in [0.5, 0.6) is 17.2 Å². The first kappa shape index (κ1) is 13.8. The van der Waals surface area contributed by atoms with E-state index in [4.69, 9.17) is 21.1 Å². The number of nitrogens with one attached hydrogen (secondary N) is 1. The van der Waals surface area contributed by atoms with Crippen LogP contribution < -0.4 is 14.8 Å². The minimum absolute atomic E-state index is 0.107. The third-order valence-electron chi connectivity index (χ3n) is 3.28. The molecule has 1 unspecified atom stereocenters. The van der Waals surface area contributed by atoms with Gasteiger partial charge in [-0.2, -0.15) is 0 Å². The normalized spacial score (nSPS) is 14.0. The van der Waals surface area contributed by atoms with Gasteiger partial charge < -0.3 is 19.9 Å². The van der Waals surface area contributed by atoms with Crippen LogP contribution in [0.2, 0.25) is 5.02 Å². The Morgan fingerprint density at radius 1 is 1.24 bits per heavy atom. The molecular formula is C15H13ClFNO3. The monoisotopic (exact) mass is 309 g/mol. The summed E-state index contributed by atoms with van der Waals surface area (Å²) in [7, 11) is 0. The van der Waals surface area contributed by atoms with Gasteiger partial charge in [-0.15, -0.1) is 0 Å². The van der Waals surface area contributed by atoms with Crippen molar-refractivity contribution in [2.24, 2.45) is 0 Å². The Morgan fingerprint density at radius 3 is 2.67 bits per heavy atom. The summed E-state index contributed by atoms with van der Waals surface area (Å²) in [5.74, 6) is 0.603. The van der Waals surface area contributed by atoms with E-state index in [1.807, 2.05) is 0 Å². The van der Waals surface area contributed by atoms with Gasteiger partial charge in [-0.25, -0.2) is 4.39 Å². The van der Waals surface area contributed by atoms with Crippen molar-refractivity contribution in [2.75, 3.05) is 12.1 Å². The first-order valence-corrected chi connectivity index (χ1v) is 6.76. The maximum Gasteiger partial charge on any atom is 0.231 e. The lowest BCUT2D eigenvalue weighted by Gasteiger charge is -2.18. The number of aromatic hydroxyl groups is 1. The van der Waals surface area contributed by atoms with E-state index in [2.05, 4.69) is 5.32 Å². The van der Waals surface area contributed by atoms with Crippen molar-refractivity contribution in [1.29, 1.82) is 0 Å². The third-order valence-corrected chi connectivity index (χ3v) is 3.60. The van der Waals surface area contributed by atoms with E-state index in [0.717, 1.165) is 6.07 Å². The van der Waals surface area contributed by atoms with E-state index in [0.29, 0.717) is 27.8 Å². The average molecular weight is 310 g/mol. The first-order chi connectivity index (χ1) is 10.0. The summed E-state index contributed by atoms with van der Waals surface area (Å²) < 4.78 is 24.4. The molecule has 0 aromatic heterocycles. The van der Waals surface area contributed by atoms with E-state index in [-0.39, 0.29) is 18.6 Å². The summed E-state index contributed by atoms with van der Waals surface area (Å²) in [5.41, 5.74) is 1.06. The molecule has 0 fully saturated rings. The zero-order valence-corrected chi connectivity index (χ0v) is 11.9. The highest BCUT2D eigenvalue weighted by atomic mass is 35.5. The summed E-state index contributed by atoms with van der Waals surface area (Å²) in [6.07, 6.45) is 0. The highest BCUT2D eigenvalue weighted by Gasteiger charge is 2.18. The lowest BCUT2D eigenvalue weighted by atomic mass is 10.1. The Morgan fingerprint density at radius 2 is 1.95 bits per heavy atom. The van der Waals surface area contributed by atoms with Crippen molar-refractivity contribution in [2.45, 2.75) is 13.0 Å². The van der Waals surface area contributed by atoms with Gasteiger partial charge in [0.1, 0.15) is 11.6 Å². The molecule has 0 aliphatic carbocycles. The van der Waals surface area contributed by atoms with E-state index < -0.39 is 5.82 Å². The molecule has 1 atom stereocenters. The Bertz CT molecular complexity index is 693. The highest BCUT2D eigenvalue weighted by molar-refractivity contribution is 6.33. The topological polar surface area (TPSA) is 50.7 Å². The first-order valence-electron chi connectivity index (χ1n) is 6.38. The van der Waals surface area contributed by atoms with E-state index in [1.165, 1.54) is 12.1 Å². The van der Waals surface area contributed by atoms with Crippen molar-refractivity contribution in [3.63, 3.8) is 0 Å². The number of ether oxygens (including phenoxy) is 2. The molecule has 6 heteroatoms. The summed E-state index contributed by atoms with van der Waals surface area (Å²) >= 11 is 6.17. The van der Waals surface area contributed by atoms with Crippen LogP contribution in [0.1, 0.15) is 18.5 Å². The predicted molar refractivity (Wildman–Crippen MR) is 77.7 cm³/mol. The van der Waals surface area contributed by atoms with Crippen LogP contribution in [-0.2, 0) is 0 Å². The Labute approximate surface area is 126 Å². The molecule has 2 aromatic carbocycles. The fourth-order valence-corrected chi connectivity index (χ4v) is 2.41. The molecule has 110 valence electrons. The van der Waals surface area contributed by atoms with Gasteiger partial charge in [0.05, 0.1) is 16.8 Å². The Balaban J connectivity index is 1.86. The van der Waals surface area contributed by atoms with Crippen LogP contribution in [0.15, 0.2) is 30.3 Å². The van der Waals surface area contributed by atoms with Gasteiger partial charge in [-0.1, -0.05) is 17.7 Å². The average Bonchev–Trinajstić information content (AvgIpc) is 2.86. The largest absolute Gasteiger partial charge is 0.508 e. The molecule has 1 heterocycles. The second-order valence-electron chi connectivity index (χ2n) is 4.76. The number of fused-ring (bicyclic) bond motifs is 1. The molecule has 1 aliphatic heterocycles. The number of rotatable bonds is 3. The molecule has 0 saturated heterocycles. The van der Waals surface area contributed by atoms with Crippen LogP contribution >= 0.6 is 11.6 Å². The minimum Gasteiger partial charge on any atom is -0.508 e. The SMILES string of the molecule is CC(Nc1cc2c(cc1Cl)OCO2)c1ccc(O)cc1F. The third kappa shape index (κ3) is 2.69. The molecule has 0 saturated carbocycles. The molecule has 0 radical (unpaired) electrons. The van der Waals surface area contributed by atoms with Gasteiger partial charge in [0, 0.05) is 23.8 Å². The van der Waals surface area contributed by atoms with Crippen molar-refractivity contribution >= 4 is 17.3 Å². The number of hydrogen-bond donors (Lipinski definition) is 2. The molecule has 0 spiro atoms. The lowest BCUT2D eigenvalue weighted by molar-refractivity contribution is 0.174. The number of benzene rings is 2. The van der Waals surface area contributed by atoms with E-state index in [9.17, 15) is 9.50 Å². The molecular weight excluding hydrogens is 297 g/mol. The van der Waals surface area contributed by atoms with Crippen LogP contribution in [-0.4, -0.2) is 11.9 Å². The zero-order valence-electron chi connectivity index (χ0n) is 11.2. The summed E-state index contributed by atoms with van der Waals surface area (Å²) in [6, 6.07) is 7.10. The Hall–Kier alpha value is -2.14. The molecule has 2 N–H and O–H groups in total. The fourth-order valence-electron chi connectivity index (χ4n) is 2.21. The zero-order chi connectivity index (χ0) is 15.0. The van der Waals surface area contributed by atoms with Crippen LogP contribution in [0.4, 0.5) is 10.1 Å². The number of halogens is 2. The molecule has 2 aromatic rings. The molecule has 21 heavy (non-hydrogen) atoms. The lowest BCUT2D eigenvalue weighted by Crippen LogP contribution is -2.09. The van der Waals surface area contributed by atoms with Crippen LogP contribution in [0.25, 0.3) is 0 Å². The van der Waals surface area contributed by atoms with E-state index in [1.54, 1.807) is 19.1 Å². The number of phenolic OH excluding ortho intramolecular Hbond substituents is 1. The molecule has 4 nitrogen and oxygen atoms in total. The molecule has 0 bridgehead atoms. The highest BCUT2D eigenvalue weighted by Crippen LogP contribution is 2.40. The minimum atomic E-state index is -0.480. The van der Waals surface area contributed by atoms with Crippen LogP contribution in [0.3, 0.4) is 0 Å². The van der Waals surface area contributed by atoms with Gasteiger partial charge in [-0.3, -0.25) is 0 Å². The summed E-state index contributed by atoms with van der Waals surface area (Å²) in [5, 5.41) is 12.8. The number of hydrogen-bond acceptors (Lipinski definition) is 4. The van der Waals surface area contributed by atoms with Crippen molar-refractivity contribution in [1.82, 2.24) is 0 Å². The molecule has 0 amide bonds. The predicted octanol–water partition coefficient (Wildman–Crippen LogP) is 4.09. The van der Waals surface area contributed by atoms with Crippen molar-refractivity contribution in [3.05, 3.63) is 46.7 Å². The second-order valence-corrected chi connectivity index (χ2v) is 5.16. The Kier molecular flexibility index (Phi) is 3.51. The summed E-state index contributed by atoms with van der Waals surface area (Å²) in [6.45, 7) is 1.97.